The number of hydrogen-bond acceptors (Lipinski definition) is 1. The van der Waals surface area contributed by atoms with Gasteiger partial charge in [-0.05, 0) is 78.7 Å². The largest absolute Gasteiger partial charge is 0.331 e. The molecule has 17 heavy (non-hydrogen) atoms. The Morgan fingerprint density at radius 1 is 1.47 bits per heavy atom. The number of imidazole rings is 1. The molecule has 90 valence electrons. The molecular weight excluding hydrogens is 343 g/mol. The number of halogens is 1. The molecule has 0 unspecified atom stereocenters. The maximum absolute atomic E-state index is 5.52. The van der Waals surface area contributed by atoms with Crippen molar-refractivity contribution in [1.82, 2.24) is 9.55 Å². The van der Waals surface area contributed by atoms with E-state index in [0.717, 1.165) is 4.77 Å². The van der Waals surface area contributed by atoms with E-state index in [0.29, 0.717) is 0 Å². The van der Waals surface area contributed by atoms with E-state index in [1.165, 1.54) is 40.3 Å². The van der Waals surface area contributed by atoms with E-state index >= 15 is 0 Å². The fourth-order valence-electron chi connectivity index (χ4n) is 2.87. The minimum Gasteiger partial charge on any atom is -0.331 e. The molecule has 0 spiro atoms. The van der Waals surface area contributed by atoms with Gasteiger partial charge in [-0.15, -0.1) is 0 Å². The Bertz CT molecular complexity index is 616. The Kier molecular flexibility index (Phi) is 2.82. The maximum atomic E-state index is 5.52. The van der Waals surface area contributed by atoms with E-state index in [2.05, 4.69) is 57.3 Å². The van der Waals surface area contributed by atoms with Crippen LogP contribution in [0.15, 0.2) is 18.2 Å². The van der Waals surface area contributed by atoms with Crippen molar-refractivity contribution in [2.45, 2.75) is 38.1 Å². The predicted molar refractivity (Wildman–Crippen MR) is 82.0 cm³/mol. The zero-order valence-corrected chi connectivity index (χ0v) is 12.8. The lowest BCUT2D eigenvalue weighted by atomic mass is 9.74. The van der Waals surface area contributed by atoms with Gasteiger partial charge in [0.1, 0.15) is 0 Å². The molecule has 1 aromatic carbocycles. The average Bonchev–Trinajstić information content (AvgIpc) is 2.55. The summed E-state index contributed by atoms with van der Waals surface area (Å²) in [6.45, 7) is 2.27. The zero-order chi connectivity index (χ0) is 12.0. The minimum atomic E-state index is 0.280. The first kappa shape index (κ1) is 11.7. The minimum absolute atomic E-state index is 0.280. The van der Waals surface area contributed by atoms with Gasteiger partial charge in [-0.2, -0.15) is 0 Å². The third-order valence-corrected chi connectivity index (χ3v) is 5.02. The fraction of sp³-hybridized carbons (Fsp3) is 0.462. The highest BCUT2D eigenvalue weighted by Crippen LogP contribution is 2.43. The SMILES string of the molecule is CCC1(n2c(=S)[nH]c3cc(I)ccc32)CCC1. The molecule has 1 saturated carbocycles. The molecule has 2 nitrogen and oxygen atoms in total. The molecule has 1 aliphatic rings. The molecule has 0 saturated heterocycles. The molecule has 1 aromatic heterocycles. The third-order valence-electron chi connectivity index (χ3n) is 4.06. The quantitative estimate of drug-likeness (QED) is 0.615. The third kappa shape index (κ3) is 1.68. The molecule has 1 heterocycles. The summed E-state index contributed by atoms with van der Waals surface area (Å²) < 4.78 is 4.48. The molecule has 3 rings (SSSR count). The van der Waals surface area contributed by atoms with Crippen LogP contribution < -0.4 is 0 Å². The first-order valence-electron chi connectivity index (χ1n) is 6.07. The van der Waals surface area contributed by atoms with Crippen molar-refractivity contribution >= 4 is 45.8 Å². The number of rotatable bonds is 2. The van der Waals surface area contributed by atoms with Crippen LogP contribution in [0.4, 0.5) is 0 Å². The van der Waals surface area contributed by atoms with Gasteiger partial charge in [0.05, 0.1) is 11.0 Å². The lowest BCUT2D eigenvalue weighted by Gasteiger charge is -2.43. The van der Waals surface area contributed by atoms with Gasteiger partial charge in [0, 0.05) is 9.11 Å². The van der Waals surface area contributed by atoms with Gasteiger partial charge in [-0.3, -0.25) is 0 Å². The van der Waals surface area contributed by atoms with Crippen molar-refractivity contribution in [1.29, 1.82) is 0 Å². The van der Waals surface area contributed by atoms with E-state index in [9.17, 15) is 0 Å². The van der Waals surface area contributed by atoms with Crippen LogP contribution in [0, 0.1) is 8.34 Å². The van der Waals surface area contributed by atoms with E-state index in [4.69, 9.17) is 12.2 Å². The van der Waals surface area contributed by atoms with Crippen LogP contribution >= 0.6 is 34.8 Å². The Morgan fingerprint density at radius 3 is 2.82 bits per heavy atom. The second kappa shape index (κ2) is 4.09. The highest BCUT2D eigenvalue weighted by molar-refractivity contribution is 14.1. The zero-order valence-electron chi connectivity index (χ0n) is 9.79. The second-order valence-electron chi connectivity index (χ2n) is 4.86. The average molecular weight is 358 g/mol. The van der Waals surface area contributed by atoms with Crippen molar-refractivity contribution in [2.24, 2.45) is 0 Å². The molecule has 4 heteroatoms. The summed E-state index contributed by atoms with van der Waals surface area (Å²) in [5, 5.41) is 0. The van der Waals surface area contributed by atoms with Crippen molar-refractivity contribution in [3.05, 3.63) is 26.5 Å². The monoisotopic (exact) mass is 358 g/mol. The lowest BCUT2D eigenvalue weighted by Crippen LogP contribution is -2.39. The number of nitrogens with zero attached hydrogens (tertiary/aromatic N) is 1. The molecule has 2 aromatic rings. The molecule has 0 bridgehead atoms. The van der Waals surface area contributed by atoms with Crippen molar-refractivity contribution < 1.29 is 0 Å². The van der Waals surface area contributed by atoms with Crippen LogP contribution in [0.2, 0.25) is 0 Å². The molecule has 0 atom stereocenters. The van der Waals surface area contributed by atoms with E-state index in [-0.39, 0.29) is 5.54 Å². The summed E-state index contributed by atoms with van der Waals surface area (Å²) in [6, 6.07) is 6.52. The number of H-pyrrole nitrogens is 1. The van der Waals surface area contributed by atoms with Gasteiger partial charge in [0.15, 0.2) is 4.77 Å². The molecular formula is C13H15IN2S. The normalized spacial score (nSPS) is 18.2. The van der Waals surface area contributed by atoms with E-state index in [1.54, 1.807) is 0 Å². The van der Waals surface area contributed by atoms with Crippen LogP contribution in [-0.4, -0.2) is 9.55 Å². The highest BCUT2D eigenvalue weighted by Gasteiger charge is 2.38. The molecule has 0 aliphatic heterocycles. The smallest absolute Gasteiger partial charge is 0.178 e. The number of aromatic nitrogens is 2. The summed E-state index contributed by atoms with van der Waals surface area (Å²) >= 11 is 7.85. The fourth-order valence-corrected chi connectivity index (χ4v) is 3.77. The molecule has 1 aliphatic carbocycles. The summed E-state index contributed by atoms with van der Waals surface area (Å²) in [5.41, 5.74) is 2.71. The Labute approximate surface area is 120 Å². The van der Waals surface area contributed by atoms with E-state index in [1.807, 2.05) is 0 Å². The maximum Gasteiger partial charge on any atom is 0.178 e. The van der Waals surface area contributed by atoms with Gasteiger partial charge in [-0.1, -0.05) is 6.92 Å². The molecule has 0 amide bonds. The number of aromatic amines is 1. The van der Waals surface area contributed by atoms with Crippen LogP contribution in [0.3, 0.4) is 0 Å². The van der Waals surface area contributed by atoms with Gasteiger partial charge in [0.25, 0.3) is 0 Å². The summed E-state index contributed by atoms with van der Waals surface area (Å²) in [4.78, 5) is 3.35. The standard InChI is InChI=1S/C13H15IN2S/c1-2-13(6-3-7-13)16-11-5-4-9(14)8-10(11)15-12(16)17/h4-5,8H,2-3,6-7H2,1H3,(H,15,17). The number of benzene rings is 1. The van der Waals surface area contributed by atoms with Gasteiger partial charge in [-0.25, -0.2) is 0 Å². The predicted octanol–water partition coefficient (Wildman–Crippen LogP) is 4.59. The molecule has 1 fully saturated rings. The number of nitrogens with one attached hydrogen (secondary N) is 1. The summed E-state index contributed by atoms with van der Waals surface area (Å²) in [7, 11) is 0. The lowest BCUT2D eigenvalue weighted by molar-refractivity contribution is 0.140. The second-order valence-corrected chi connectivity index (χ2v) is 6.49. The number of hydrogen-bond donors (Lipinski definition) is 1. The first-order valence-corrected chi connectivity index (χ1v) is 7.56. The van der Waals surface area contributed by atoms with Crippen LogP contribution in [0.1, 0.15) is 32.6 Å². The Balaban J connectivity index is 2.29. The Hall–Kier alpha value is -0.360. The highest BCUT2D eigenvalue weighted by atomic mass is 127. The molecule has 1 N–H and O–H groups in total. The van der Waals surface area contributed by atoms with Crippen molar-refractivity contribution in [2.75, 3.05) is 0 Å². The Morgan fingerprint density at radius 2 is 2.24 bits per heavy atom. The van der Waals surface area contributed by atoms with E-state index < -0.39 is 0 Å². The van der Waals surface area contributed by atoms with Gasteiger partial charge >= 0.3 is 0 Å². The summed E-state index contributed by atoms with van der Waals surface area (Å²) in [5.74, 6) is 0. The van der Waals surface area contributed by atoms with Crippen molar-refractivity contribution in [3.8, 4) is 0 Å². The van der Waals surface area contributed by atoms with Crippen molar-refractivity contribution in [3.63, 3.8) is 0 Å². The summed E-state index contributed by atoms with van der Waals surface area (Å²) in [6.07, 6.45) is 5.01. The topological polar surface area (TPSA) is 20.7 Å². The van der Waals surface area contributed by atoms with Crippen LogP contribution in [0.25, 0.3) is 11.0 Å². The van der Waals surface area contributed by atoms with Crippen LogP contribution in [-0.2, 0) is 5.54 Å². The number of fused-ring (bicyclic) bond motifs is 1. The van der Waals surface area contributed by atoms with Gasteiger partial charge in [0.2, 0.25) is 0 Å². The van der Waals surface area contributed by atoms with Gasteiger partial charge < -0.3 is 9.55 Å². The molecule has 0 radical (unpaired) electrons. The first-order chi connectivity index (χ1) is 8.16. The van der Waals surface area contributed by atoms with Crippen LogP contribution in [0.5, 0.6) is 0 Å².